The number of hydrogen-bond acceptors (Lipinski definition) is 6. The predicted molar refractivity (Wildman–Crippen MR) is 86.3 cm³/mol. The third-order valence-corrected chi connectivity index (χ3v) is 3.97. The van der Waals surface area contributed by atoms with Gasteiger partial charge in [-0.1, -0.05) is 24.3 Å². The van der Waals surface area contributed by atoms with Gasteiger partial charge in [-0.05, 0) is 17.5 Å². The first kappa shape index (κ1) is 14.3. The molecule has 0 aliphatic carbocycles. The lowest BCUT2D eigenvalue weighted by molar-refractivity contribution is 0.410. The molecule has 0 amide bonds. The van der Waals surface area contributed by atoms with E-state index in [9.17, 15) is 4.79 Å². The third-order valence-electron chi connectivity index (χ3n) is 3.09. The molecule has 0 spiro atoms. The van der Waals surface area contributed by atoms with Crippen LogP contribution < -0.4 is 15.6 Å². The van der Waals surface area contributed by atoms with Crippen LogP contribution in [0.1, 0.15) is 5.56 Å². The van der Waals surface area contributed by atoms with Crippen LogP contribution >= 0.6 is 11.3 Å². The molecule has 7 heteroatoms. The molecular weight excluding hydrogens is 300 g/mol. The van der Waals surface area contributed by atoms with Gasteiger partial charge in [-0.25, -0.2) is 0 Å². The minimum atomic E-state index is -0.264. The summed E-state index contributed by atoms with van der Waals surface area (Å²) in [5.41, 5.74) is 1.04. The second-order valence-electron chi connectivity index (χ2n) is 4.49. The number of nitrogens with one attached hydrogen (secondary N) is 2. The van der Waals surface area contributed by atoms with Gasteiger partial charge in [-0.3, -0.25) is 9.78 Å². The van der Waals surface area contributed by atoms with Crippen molar-refractivity contribution in [3.05, 3.63) is 57.7 Å². The fourth-order valence-electron chi connectivity index (χ4n) is 2.02. The molecule has 22 heavy (non-hydrogen) atoms. The zero-order valence-electron chi connectivity index (χ0n) is 11.9. The van der Waals surface area contributed by atoms with Crippen LogP contribution in [0, 0.1) is 0 Å². The maximum atomic E-state index is 12.1. The summed E-state index contributed by atoms with van der Waals surface area (Å²) in [7, 11) is 1.62. The lowest BCUT2D eigenvalue weighted by atomic mass is 10.2. The average Bonchev–Trinajstić information content (AvgIpc) is 3.07. The van der Waals surface area contributed by atoms with Crippen molar-refractivity contribution in [3.8, 4) is 16.3 Å². The summed E-state index contributed by atoms with van der Waals surface area (Å²) in [4.78, 5) is 15.6. The van der Waals surface area contributed by atoms with Gasteiger partial charge in [0.05, 0.1) is 12.0 Å². The number of thiophene rings is 1. The summed E-state index contributed by atoms with van der Waals surface area (Å²) < 4.78 is 5.28. The molecule has 2 aromatic heterocycles. The number of anilines is 1. The van der Waals surface area contributed by atoms with E-state index in [1.54, 1.807) is 7.11 Å². The van der Waals surface area contributed by atoms with Crippen LogP contribution in [0.15, 0.2) is 46.6 Å². The number of hydrogen-bond donors (Lipinski definition) is 2. The molecule has 2 N–H and O–H groups in total. The number of aromatic amines is 1. The van der Waals surface area contributed by atoms with E-state index in [2.05, 4.69) is 20.5 Å². The minimum Gasteiger partial charge on any atom is -0.496 e. The summed E-state index contributed by atoms with van der Waals surface area (Å²) in [6.45, 7) is 0.479. The van der Waals surface area contributed by atoms with Gasteiger partial charge < -0.3 is 10.1 Å². The first-order valence-electron chi connectivity index (χ1n) is 6.64. The highest BCUT2D eigenvalue weighted by Gasteiger charge is 2.08. The first-order valence-corrected chi connectivity index (χ1v) is 7.52. The first-order chi connectivity index (χ1) is 10.8. The number of nitrogens with zero attached hydrogens (tertiary/aromatic N) is 2. The van der Waals surface area contributed by atoms with Gasteiger partial charge in [0, 0.05) is 12.1 Å². The van der Waals surface area contributed by atoms with Crippen LogP contribution in [-0.2, 0) is 6.54 Å². The number of para-hydroxylation sites is 1. The molecule has 0 unspecified atom stereocenters. The molecule has 0 fully saturated rings. The number of methoxy groups -OCH3 is 1. The number of aromatic nitrogens is 3. The molecule has 0 radical (unpaired) electrons. The Labute approximate surface area is 130 Å². The molecule has 0 atom stereocenters. The third kappa shape index (κ3) is 2.99. The maximum absolute atomic E-state index is 12.1. The largest absolute Gasteiger partial charge is 0.496 e. The number of ether oxygens (including phenoxy) is 1. The Hall–Kier alpha value is -2.67. The van der Waals surface area contributed by atoms with Gasteiger partial charge in [-0.2, -0.15) is 0 Å². The van der Waals surface area contributed by atoms with Crippen LogP contribution in [-0.4, -0.2) is 22.3 Å². The number of H-pyrrole nitrogens is 1. The Morgan fingerprint density at radius 2 is 2.09 bits per heavy atom. The van der Waals surface area contributed by atoms with Crippen LogP contribution in [0.4, 0.5) is 5.95 Å². The Kier molecular flexibility index (Phi) is 4.15. The highest BCUT2D eigenvalue weighted by atomic mass is 32.1. The van der Waals surface area contributed by atoms with E-state index in [-0.39, 0.29) is 5.56 Å². The normalized spacial score (nSPS) is 10.4. The van der Waals surface area contributed by atoms with Crippen molar-refractivity contribution < 1.29 is 4.74 Å². The fraction of sp³-hybridized carbons (Fsp3) is 0.133. The quantitative estimate of drug-likeness (QED) is 0.756. The molecule has 3 rings (SSSR count). The zero-order valence-corrected chi connectivity index (χ0v) is 12.7. The average molecular weight is 314 g/mol. The Balaban J connectivity index is 1.77. The van der Waals surface area contributed by atoms with Gasteiger partial charge in [0.1, 0.15) is 5.75 Å². The predicted octanol–water partition coefficient (Wildman–Crippen LogP) is 2.51. The van der Waals surface area contributed by atoms with Crippen LogP contribution in [0.5, 0.6) is 5.75 Å². The van der Waals surface area contributed by atoms with E-state index in [0.717, 1.165) is 16.2 Å². The smallest absolute Gasteiger partial charge is 0.279 e. The minimum absolute atomic E-state index is 0.264. The molecule has 0 bridgehead atoms. The van der Waals surface area contributed by atoms with Gasteiger partial charge in [0.15, 0.2) is 5.69 Å². The molecule has 0 saturated heterocycles. The molecule has 6 nitrogen and oxygen atoms in total. The van der Waals surface area contributed by atoms with Gasteiger partial charge >= 0.3 is 0 Å². The molecule has 2 heterocycles. The van der Waals surface area contributed by atoms with E-state index in [1.807, 2.05) is 41.8 Å². The molecular formula is C15H14N4O2S. The molecule has 1 aromatic carbocycles. The van der Waals surface area contributed by atoms with Crippen molar-refractivity contribution in [1.82, 2.24) is 15.2 Å². The molecule has 3 aromatic rings. The van der Waals surface area contributed by atoms with E-state index in [4.69, 9.17) is 4.74 Å². The van der Waals surface area contributed by atoms with Gasteiger partial charge in [-0.15, -0.1) is 21.5 Å². The lowest BCUT2D eigenvalue weighted by Crippen LogP contribution is -2.16. The Morgan fingerprint density at radius 1 is 1.23 bits per heavy atom. The standard InChI is InChI=1S/C15H14N4O2S/c1-21-11-6-3-2-5-10(11)9-16-15-17-14(20)13(18-19-15)12-7-4-8-22-12/h2-8H,9H2,1H3,(H2,16,17,19,20). The van der Waals surface area contributed by atoms with Gasteiger partial charge in [0.25, 0.3) is 5.56 Å². The van der Waals surface area contributed by atoms with E-state index in [0.29, 0.717) is 18.2 Å². The summed E-state index contributed by atoms with van der Waals surface area (Å²) in [6, 6.07) is 11.4. The van der Waals surface area contributed by atoms with Crippen molar-refractivity contribution >= 4 is 17.3 Å². The van der Waals surface area contributed by atoms with Crippen molar-refractivity contribution in [1.29, 1.82) is 0 Å². The number of benzene rings is 1. The topological polar surface area (TPSA) is 79.9 Å². The van der Waals surface area contributed by atoms with Gasteiger partial charge in [0.2, 0.25) is 5.95 Å². The van der Waals surface area contributed by atoms with Crippen LogP contribution in [0.3, 0.4) is 0 Å². The van der Waals surface area contributed by atoms with Crippen molar-refractivity contribution in [3.63, 3.8) is 0 Å². The summed E-state index contributed by atoms with van der Waals surface area (Å²) in [6.07, 6.45) is 0. The Morgan fingerprint density at radius 3 is 2.82 bits per heavy atom. The van der Waals surface area contributed by atoms with E-state index in [1.165, 1.54) is 11.3 Å². The second-order valence-corrected chi connectivity index (χ2v) is 5.44. The lowest BCUT2D eigenvalue weighted by Gasteiger charge is -2.09. The highest BCUT2D eigenvalue weighted by Crippen LogP contribution is 2.19. The zero-order chi connectivity index (χ0) is 15.4. The molecule has 112 valence electrons. The van der Waals surface area contributed by atoms with Crippen molar-refractivity contribution in [2.24, 2.45) is 0 Å². The summed E-state index contributed by atoms with van der Waals surface area (Å²) in [5, 5.41) is 13.0. The SMILES string of the molecule is COc1ccccc1CNc1nnc(-c2cccs2)c(=O)[nH]1. The van der Waals surface area contributed by atoms with Crippen LogP contribution in [0.2, 0.25) is 0 Å². The highest BCUT2D eigenvalue weighted by molar-refractivity contribution is 7.13. The maximum Gasteiger partial charge on any atom is 0.279 e. The summed E-state index contributed by atoms with van der Waals surface area (Å²) >= 11 is 1.45. The van der Waals surface area contributed by atoms with Crippen molar-refractivity contribution in [2.75, 3.05) is 12.4 Å². The summed E-state index contributed by atoms with van der Waals surface area (Å²) in [5.74, 6) is 1.11. The molecule has 0 saturated carbocycles. The fourth-order valence-corrected chi connectivity index (χ4v) is 2.73. The second kappa shape index (κ2) is 6.40. The van der Waals surface area contributed by atoms with Crippen LogP contribution in [0.25, 0.3) is 10.6 Å². The Bertz CT molecular complexity index is 814. The molecule has 0 aliphatic rings. The monoisotopic (exact) mass is 314 g/mol. The van der Waals surface area contributed by atoms with E-state index >= 15 is 0 Å². The van der Waals surface area contributed by atoms with E-state index < -0.39 is 0 Å². The number of rotatable bonds is 5. The molecule has 0 aliphatic heterocycles. The van der Waals surface area contributed by atoms with Crippen molar-refractivity contribution in [2.45, 2.75) is 6.54 Å².